The van der Waals surface area contributed by atoms with Crippen molar-refractivity contribution < 1.29 is 0 Å². The molecule has 86 valence electrons. The Morgan fingerprint density at radius 1 is 1.44 bits per heavy atom. The summed E-state index contributed by atoms with van der Waals surface area (Å²) in [5.74, 6) is 2.48. The highest BCUT2D eigenvalue weighted by Crippen LogP contribution is 2.16. The molecule has 0 aliphatic rings. The van der Waals surface area contributed by atoms with E-state index < -0.39 is 0 Å². The van der Waals surface area contributed by atoms with Gasteiger partial charge >= 0.3 is 0 Å². The summed E-state index contributed by atoms with van der Waals surface area (Å²) in [4.78, 5) is 4.60. The van der Waals surface area contributed by atoms with Crippen LogP contribution in [0.25, 0.3) is 0 Å². The van der Waals surface area contributed by atoms with Crippen LogP contribution in [-0.4, -0.2) is 10.7 Å². The topological polar surface area (TPSA) is 36.7 Å². The van der Waals surface area contributed by atoms with Gasteiger partial charge in [0.1, 0.15) is 0 Å². The molecule has 0 spiro atoms. The second-order valence-corrected chi connectivity index (χ2v) is 5.13. The molecule has 0 atom stereocenters. The number of rotatable bonds is 6. The number of thioether (sulfide) groups is 1. The quantitative estimate of drug-likeness (QED) is 0.703. The molecule has 0 aromatic carbocycles. The Morgan fingerprint density at radius 3 is 2.94 bits per heavy atom. The first kappa shape index (κ1) is 13.1. The number of hydrogen-bond donors (Lipinski definition) is 0. The van der Waals surface area contributed by atoms with Crippen LogP contribution in [0.2, 0.25) is 0 Å². The molecular formula is C13H18N2S. The number of aromatic nitrogens is 1. The van der Waals surface area contributed by atoms with Crippen LogP contribution in [0.15, 0.2) is 18.2 Å². The molecule has 1 heterocycles. The van der Waals surface area contributed by atoms with E-state index in [1.807, 2.05) is 11.8 Å². The molecule has 3 heteroatoms. The molecule has 1 aromatic rings. The predicted octanol–water partition coefficient (Wildman–Crippen LogP) is 3.74. The molecule has 0 radical (unpaired) electrons. The summed E-state index contributed by atoms with van der Waals surface area (Å²) in [5, 5.41) is 8.41. The molecule has 0 saturated carbocycles. The third kappa shape index (κ3) is 4.67. The Balaban J connectivity index is 2.37. The highest BCUT2D eigenvalue weighted by atomic mass is 32.2. The minimum absolute atomic E-state index is 0.489. The first-order valence-corrected chi connectivity index (χ1v) is 6.80. The normalized spacial score (nSPS) is 10.4. The zero-order valence-corrected chi connectivity index (χ0v) is 10.8. The van der Waals surface area contributed by atoms with Gasteiger partial charge in [-0.1, -0.05) is 19.9 Å². The average molecular weight is 234 g/mol. The average Bonchev–Trinajstić information content (AvgIpc) is 2.29. The molecule has 1 aromatic heterocycles. The predicted molar refractivity (Wildman–Crippen MR) is 69.3 cm³/mol. The van der Waals surface area contributed by atoms with Crippen molar-refractivity contribution in [2.45, 2.75) is 38.4 Å². The fourth-order valence-electron chi connectivity index (χ4n) is 1.33. The lowest BCUT2D eigenvalue weighted by Gasteiger charge is -2.06. The first-order chi connectivity index (χ1) is 7.74. The molecule has 0 N–H and O–H groups in total. The van der Waals surface area contributed by atoms with Crippen molar-refractivity contribution in [2.24, 2.45) is 0 Å². The highest BCUT2D eigenvalue weighted by Gasteiger charge is 2.01. The Hall–Kier alpha value is -1.01. The van der Waals surface area contributed by atoms with Crippen LogP contribution in [0, 0.1) is 11.3 Å². The van der Waals surface area contributed by atoms with Gasteiger partial charge in [0.25, 0.3) is 0 Å². The lowest BCUT2D eigenvalue weighted by atomic mass is 10.1. The number of nitriles is 1. The van der Waals surface area contributed by atoms with Crippen molar-refractivity contribution in [3.8, 4) is 6.07 Å². The van der Waals surface area contributed by atoms with Crippen LogP contribution in [0.4, 0.5) is 0 Å². The monoisotopic (exact) mass is 234 g/mol. The Bertz CT molecular complexity index is 355. The van der Waals surface area contributed by atoms with Gasteiger partial charge in [-0.15, -0.1) is 0 Å². The third-order valence-electron chi connectivity index (χ3n) is 2.25. The lowest BCUT2D eigenvalue weighted by molar-refractivity contribution is 0.814. The molecule has 2 nitrogen and oxygen atoms in total. The molecule has 0 fully saturated rings. The second kappa shape index (κ2) is 7.29. The van der Waals surface area contributed by atoms with Crippen LogP contribution in [0.3, 0.4) is 0 Å². The number of nitrogens with zero attached hydrogens (tertiary/aromatic N) is 2. The van der Waals surface area contributed by atoms with E-state index in [9.17, 15) is 0 Å². The van der Waals surface area contributed by atoms with Gasteiger partial charge in [0.05, 0.1) is 11.8 Å². The number of hydrogen-bond acceptors (Lipinski definition) is 3. The fourth-order valence-corrected chi connectivity index (χ4v) is 2.19. The van der Waals surface area contributed by atoms with Crippen LogP contribution < -0.4 is 0 Å². The van der Waals surface area contributed by atoms with E-state index in [1.165, 1.54) is 0 Å². The zero-order valence-electron chi connectivity index (χ0n) is 9.94. The maximum Gasteiger partial charge on any atom is 0.0622 e. The Labute approximate surface area is 102 Å². The molecule has 0 unspecified atom stereocenters. The minimum Gasteiger partial charge on any atom is -0.257 e. The van der Waals surface area contributed by atoms with Crippen molar-refractivity contribution >= 4 is 11.8 Å². The van der Waals surface area contributed by atoms with E-state index in [0.29, 0.717) is 12.3 Å². The van der Waals surface area contributed by atoms with Gasteiger partial charge in [-0.25, -0.2) is 0 Å². The van der Waals surface area contributed by atoms with Crippen molar-refractivity contribution in [1.29, 1.82) is 5.26 Å². The summed E-state index contributed by atoms with van der Waals surface area (Å²) < 4.78 is 0. The summed E-state index contributed by atoms with van der Waals surface area (Å²) in [7, 11) is 0. The number of pyridine rings is 1. The summed E-state index contributed by atoms with van der Waals surface area (Å²) in [6.07, 6.45) is 1.64. The largest absolute Gasteiger partial charge is 0.257 e. The minimum atomic E-state index is 0.489. The van der Waals surface area contributed by atoms with Crippen LogP contribution in [0.1, 0.15) is 44.0 Å². The SMILES string of the molecule is CC(C)c1cccc(CSCCCC#N)n1. The van der Waals surface area contributed by atoms with Gasteiger partial charge in [0, 0.05) is 17.9 Å². The smallest absolute Gasteiger partial charge is 0.0622 e. The number of unbranched alkanes of at least 4 members (excludes halogenated alkanes) is 1. The van der Waals surface area contributed by atoms with Gasteiger partial charge < -0.3 is 0 Å². The molecule has 0 bridgehead atoms. The lowest BCUT2D eigenvalue weighted by Crippen LogP contribution is -1.96. The highest BCUT2D eigenvalue weighted by molar-refractivity contribution is 7.98. The maximum absolute atomic E-state index is 8.41. The fraction of sp³-hybridized carbons (Fsp3) is 0.538. The van der Waals surface area contributed by atoms with E-state index in [0.717, 1.165) is 29.3 Å². The van der Waals surface area contributed by atoms with Crippen molar-refractivity contribution in [3.05, 3.63) is 29.6 Å². The van der Waals surface area contributed by atoms with Crippen LogP contribution >= 0.6 is 11.8 Å². The van der Waals surface area contributed by atoms with Gasteiger partial charge in [0.2, 0.25) is 0 Å². The summed E-state index contributed by atoms with van der Waals surface area (Å²) in [6.45, 7) is 4.32. The molecule has 0 amide bonds. The van der Waals surface area contributed by atoms with Crippen molar-refractivity contribution in [1.82, 2.24) is 4.98 Å². The third-order valence-corrected chi connectivity index (χ3v) is 3.32. The van der Waals surface area contributed by atoms with Gasteiger partial charge in [-0.05, 0) is 30.2 Å². The standard InChI is InChI=1S/C13H18N2S/c1-11(2)13-7-5-6-12(15-13)10-16-9-4-3-8-14/h5-7,11H,3-4,9-10H2,1-2H3. The summed E-state index contributed by atoms with van der Waals surface area (Å²) in [5.41, 5.74) is 2.31. The molecule has 16 heavy (non-hydrogen) atoms. The van der Waals surface area contributed by atoms with E-state index in [-0.39, 0.29) is 0 Å². The molecular weight excluding hydrogens is 216 g/mol. The van der Waals surface area contributed by atoms with Gasteiger partial charge in [-0.3, -0.25) is 4.98 Å². The maximum atomic E-state index is 8.41. The first-order valence-electron chi connectivity index (χ1n) is 5.64. The second-order valence-electron chi connectivity index (χ2n) is 4.02. The molecule has 0 saturated heterocycles. The van der Waals surface area contributed by atoms with E-state index >= 15 is 0 Å². The Morgan fingerprint density at radius 2 is 2.25 bits per heavy atom. The van der Waals surface area contributed by atoms with Gasteiger partial charge in [0.15, 0.2) is 0 Å². The zero-order chi connectivity index (χ0) is 11.8. The van der Waals surface area contributed by atoms with Crippen LogP contribution in [0.5, 0.6) is 0 Å². The Kier molecular flexibility index (Phi) is 5.95. The van der Waals surface area contributed by atoms with Crippen LogP contribution in [-0.2, 0) is 5.75 Å². The summed E-state index contributed by atoms with van der Waals surface area (Å²) >= 11 is 1.85. The summed E-state index contributed by atoms with van der Waals surface area (Å²) in [6, 6.07) is 8.39. The van der Waals surface area contributed by atoms with E-state index in [1.54, 1.807) is 0 Å². The molecule has 0 aliphatic carbocycles. The van der Waals surface area contributed by atoms with Crippen molar-refractivity contribution in [2.75, 3.05) is 5.75 Å². The van der Waals surface area contributed by atoms with E-state index in [4.69, 9.17) is 5.26 Å². The molecule has 0 aliphatic heterocycles. The van der Waals surface area contributed by atoms with E-state index in [2.05, 4.69) is 43.1 Å². The molecule has 1 rings (SSSR count). The van der Waals surface area contributed by atoms with Gasteiger partial charge in [-0.2, -0.15) is 17.0 Å². The van der Waals surface area contributed by atoms with Crippen molar-refractivity contribution in [3.63, 3.8) is 0 Å².